The van der Waals surface area contributed by atoms with Crippen LogP contribution in [0.5, 0.6) is 0 Å². The number of alkyl halides is 3. The summed E-state index contributed by atoms with van der Waals surface area (Å²) in [6.07, 6.45) is -3.38. The Balaban J connectivity index is 2.05. The van der Waals surface area contributed by atoms with E-state index in [2.05, 4.69) is 15.5 Å². The second-order valence-corrected chi connectivity index (χ2v) is 5.30. The lowest BCUT2D eigenvalue weighted by molar-refractivity contribution is -0.392. The average Bonchev–Trinajstić information content (AvgIpc) is 3.01. The Kier molecular flexibility index (Phi) is 4.35. The molecule has 0 fully saturated rings. The van der Waals surface area contributed by atoms with Gasteiger partial charge in [0.25, 0.3) is 11.4 Å². The molecule has 0 radical (unpaired) electrons. The topological polar surface area (TPSA) is 128 Å². The highest BCUT2D eigenvalue weighted by Gasteiger charge is 2.37. The zero-order chi connectivity index (χ0) is 19.8. The lowest BCUT2D eigenvalue weighted by Gasteiger charge is -2.11. The molecule has 0 unspecified atom stereocenters. The van der Waals surface area contributed by atoms with Crippen molar-refractivity contribution in [2.45, 2.75) is 12.7 Å². The monoisotopic (exact) mass is 382 g/mol. The molecular formula is C14H9F3N6O4. The first-order valence-corrected chi connectivity index (χ1v) is 7.25. The van der Waals surface area contributed by atoms with Crippen LogP contribution in [-0.2, 0) is 12.7 Å². The van der Waals surface area contributed by atoms with Gasteiger partial charge in [-0.1, -0.05) is 6.07 Å². The first-order valence-electron chi connectivity index (χ1n) is 7.25. The predicted octanol–water partition coefficient (Wildman–Crippen LogP) is 3.18. The lowest BCUT2D eigenvalue weighted by Crippen LogP contribution is -2.11. The van der Waals surface area contributed by atoms with E-state index in [1.54, 1.807) is 24.4 Å². The van der Waals surface area contributed by atoms with E-state index in [-0.39, 0.29) is 24.5 Å². The number of fused-ring (bicyclic) bond motifs is 1. The number of hydrogen-bond acceptors (Lipinski definition) is 7. The van der Waals surface area contributed by atoms with E-state index in [4.69, 9.17) is 0 Å². The van der Waals surface area contributed by atoms with Crippen molar-refractivity contribution in [3.05, 3.63) is 68.1 Å². The summed E-state index contributed by atoms with van der Waals surface area (Å²) in [5, 5.41) is 32.5. The van der Waals surface area contributed by atoms with E-state index in [9.17, 15) is 33.4 Å². The Morgan fingerprint density at radius 1 is 1.07 bits per heavy atom. The van der Waals surface area contributed by atoms with Gasteiger partial charge in [0, 0.05) is 18.3 Å². The van der Waals surface area contributed by atoms with Gasteiger partial charge in [0.15, 0.2) is 17.2 Å². The molecule has 0 spiro atoms. The second kappa shape index (κ2) is 6.51. The minimum Gasteiger partial charge on any atom is -0.367 e. The molecule has 2 heterocycles. The summed E-state index contributed by atoms with van der Waals surface area (Å²) in [6, 6.07) is 5.50. The predicted molar refractivity (Wildman–Crippen MR) is 85.1 cm³/mol. The van der Waals surface area contributed by atoms with Crippen molar-refractivity contribution in [3.63, 3.8) is 0 Å². The molecule has 0 atom stereocenters. The Hall–Kier alpha value is -3.77. The molecule has 27 heavy (non-hydrogen) atoms. The van der Waals surface area contributed by atoms with Crippen molar-refractivity contribution in [3.8, 4) is 0 Å². The maximum atomic E-state index is 12.9. The van der Waals surface area contributed by atoms with Gasteiger partial charge in [-0.25, -0.2) is 0 Å². The highest BCUT2D eigenvalue weighted by atomic mass is 19.4. The van der Waals surface area contributed by atoms with Crippen molar-refractivity contribution in [1.29, 1.82) is 0 Å². The molecule has 140 valence electrons. The summed E-state index contributed by atoms with van der Waals surface area (Å²) in [5.41, 5.74) is -3.80. The number of nitro groups is 2. The third-order valence-electron chi connectivity index (χ3n) is 3.63. The summed E-state index contributed by atoms with van der Waals surface area (Å²) in [4.78, 5) is 20.1. The van der Waals surface area contributed by atoms with Crippen LogP contribution in [-0.4, -0.2) is 24.4 Å². The van der Waals surface area contributed by atoms with Gasteiger partial charge < -0.3 is 5.32 Å². The van der Waals surface area contributed by atoms with Crippen molar-refractivity contribution >= 4 is 22.7 Å². The first kappa shape index (κ1) is 18.0. The Bertz CT molecular complexity index is 1010. The van der Waals surface area contributed by atoms with Gasteiger partial charge in [-0.2, -0.15) is 13.2 Å². The number of pyridine rings is 1. The second-order valence-electron chi connectivity index (χ2n) is 5.30. The maximum absolute atomic E-state index is 12.9. The molecule has 0 saturated carbocycles. The zero-order valence-corrected chi connectivity index (χ0v) is 13.2. The summed E-state index contributed by atoms with van der Waals surface area (Å²) in [5.74, 6) is 0.258. The number of nitrogens with zero attached hydrogens (tertiary/aromatic N) is 5. The molecule has 13 heteroatoms. The number of rotatable bonds is 5. The fourth-order valence-electron chi connectivity index (χ4n) is 2.42. The van der Waals surface area contributed by atoms with Crippen LogP contribution in [0.4, 0.5) is 30.2 Å². The number of benzene rings is 1. The van der Waals surface area contributed by atoms with Crippen LogP contribution in [0.3, 0.4) is 0 Å². The highest BCUT2D eigenvalue weighted by Crippen LogP contribution is 2.41. The molecule has 10 nitrogen and oxygen atoms in total. The molecule has 0 aliphatic carbocycles. The summed E-state index contributed by atoms with van der Waals surface area (Å²) < 4.78 is 40.2. The van der Waals surface area contributed by atoms with Crippen LogP contribution >= 0.6 is 0 Å². The van der Waals surface area contributed by atoms with E-state index < -0.39 is 38.6 Å². The Morgan fingerprint density at radius 2 is 1.70 bits per heavy atom. The van der Waals surface area contributed by atoms with Gasteiger partial charge in [-0.05, 0) is 12.1 Å². The van der Waals surface area contributed by atoms with Crippen molar-refractivity contribution in [1.82, 2.24) is 14.6 Å². The van der Waals surface area contributed by atoms with Gasteiger partial charge in [0.05, 0.1) is 22.0 Å². The first-order chi connectivity index (χ1) is 12.7. The minimum atomic E-state index is -4.97. The van der Waals surface area contributed by atoms with Crippen LogP contribution < -0.4 is 5.32 Å². The largest absolute Gasteiger partial charge is 0.416 e. The van der Waals surface area contributed by atoms with Crippen LogP contribution in [0.25, 0.3) is 5.65 Å². The zero-order valence-electron chi connectivity index (χ0n) is 13.2. The minimum absolute atomic E-state index is 0.238. The maximum Gasteiger partial charge on any atom is 0.416 e. The van der Waals surface area contributed by atoms with Gasteiger partial charge in [0.2, 0.25) is 0 Å². The number of anilines is 1. The normalized spacial score (nSPS) is 11.5. The fourth-order valence-corrected chi connectivity index (χ4v) is 2.42. The fraction of sp³-hybridized carbons (Fsp3) is 0.143. The molecule has 0 aliphatic rings. The number of halogens is 3. The molecule has 3 rings (SSSR count). The molecule has 0 bridgehead atoms. The SMILES string of the molecule is O=[N+]([O-])c1cc(C(F)(F)F)cc([N+](=O)[O-])c1NCc1nnc2ccccn12. The van der Waals surface area contributed by atoms with E-state index in [0.717, 1.165) is 0 Å². The smallest absolute Gasteiger partial charge is 0.367 e. The molecule has 3 aromatic rings. The van der Waals surface area contributed by atoms with Gasteiger partial charge >= 0.3 is 6.18 Å². The summed E-state index contributed by atoms with van der Waals surface area (Å²) >= 11 is 0. The average molecular weight is 382 g/mol. The summed E-state index contributed by atoms with van der Waals surface area (Å²) in [6.45, 7) is -0.238. The van der Waals surface area contributed by atoms with Gasteiger partial charge in [0.1, 0.15) is 0 Å². The third kappa shape index (κ3) is 3.47. The van der Waals surface area contributed by atoms with Crippen LogP contribution in [0.15, 0.2) is 36.5 Å². The quantitative estimate of drug-likeness (QED) is 0.530. The molecule has 0 saturated heterocycles. The Labute approximate surface area is 147 Å². The molecule has 0 amide bonds. The van der Waals surface area contributed by atoms with E-state index in [1.165, 1.54) is 4.40 Å². The lowest BCUT2D eigenvalue weighted by atomic mass is 10.1. The van der Waals surface area contributed by atoms with Crippen LogP contribution in [0.2, 0.25) is 0 Å². The van der Waals surface area contributed by atoms with Crippen molar-refractivity contribution < 1.29 is 23.0 Å². The molecule has 1 aromatic carbocycles. The molecule has 2 aromatic heterocycles. The third-order valence-corrected chi connectivity index (χ3v) is 3.63. The van der Waals surface area contributed by atoms with Crippen LogP contribution in [0.1, 0.15) is 11.4 Å². The standard InChI is InChI=1S/C14H9F3N6O4/c15-14(16,17)8-5-9(22(24)25)13(10(6-8)23(26)27)18-7-12-20-19-11-3-1-2-4-21(11)12/h1-6,18H,7H2. The van der Waals surface area contributed by atoms with E-state index >= 15 is 0 Å². The Morgan fingerprint density at radius 3 is 2.26 bits per heavy atom. The number of nitro benzene ring substituents is 2. The number of aromatic nitrogens is 3. The highest BCUT2D eigenvalue weighted by molar-refractivity contribution is 5.75. The van der Waals surface area contributed by atoms with Crippen molar-refractivity contribution in [2.75, 3.05) is 5.32 Å². The van der Waals surface area contributed by atoms with Gasteiger partial charge in [-0.15, -0.1) is 10.2 Å². The summed E-state index contributed by atoms with van der Waals surface area (Å²) in [7, 11) is 0. The molecule has 0 aliphatic heterocycles. The van der Waals surface area contributed by atoms with Crippen molar-refractivity contribution in [2.24, 2.45) is 0 Å². The molecule has 1 N–H and O–H groups in total. The van der Waals surface area contributed by atoms with Gasteiger partial charge in [-0.3, -0.25) is 24.6 Å². The van der Waals surface area contributed by atoms with Crippen LogP contribution in [0, 0.1) is 20.2 Å². The number of hydrogen-bond donors (Lipinski definition) is 1. The molecular weight excluding hydrogens is 373 g/mol. The number of nitrogens with one attached hydrogen (secondary N) is 1. The van der Waals surface area contributed by atoms with E-state index in [0.29, 0.717) is 5.65 Å². The van der Waals surface area contributed by atoms with E-state index in [1.807, 2.05) is 0 Å².